The highest BCUT2D eigenvalue weighted by molar-refractivity contribution is 5.75. The van der Waals surface area contributed by atoms with Crippen molar-refractivity contribution >= 4 is 16.9 Å². The lowest BCUT2D eigenvalue weighted by molar-refractivity contribution is 0.184. The number of fused-ring (bicyclic) bond motifs is 1. The Balaban J connectivity index is 1.35. The molecule has 0 amide bonds. The summed E-state index contributed by atoms with van der Waals surface area (Å²) >= 11 is 0. The van der Waals surface area contributed by atoms with Crippen LogP contribution in [-0.2, 0) is 11.2 Å². The summed E-state index contributed by atoms with van der Waals surface area (Å²) in [5.74, 6) is 0.778. The number of para-hydroxylation sites is 2. The normalized spacial score (nSPS) is 17.7. The predicted molar refractivity (Wildman–Crippen MR) is 86.2 cm³/mol. The van der Waals surface area contributed by atoms with E-state index >= 15 is 0 Å². The van der Waals surface area contributed by atoms with E-state index in [1.165, 1.54) is 0 Å². The summed E-state index contributed by atoms with van der Waals surface area (Å²) in [5.41, 5.74) is 2.77. The van der Waals surface area contributed by atoms with Crippen LogP contribution in [-0.4, -0.2) is 44.7 Å². The molecule has 7 heteroatoms. The lowest BCUT2D eigenvalue weighted by atomic mass is 10.2. The summed E-state index contributed by atoms with van der Waals surface area (Å²) in [5, 5.41) is 11.7. The van der Waals surface area contributed by atoms with Crippen molar-refractivity contribution in [3.05, 3.63) is 42.4 Å². The zero-order valence-corrected chi connectivity index (χ0v) is 12.7. The topological polar surface area (TPSA) is 77.8 Å². The summed E-state index contributed by atoms with van der Waals surface area (Å²) in [6.07, 6.45) is 5.57. The van der Waals surface area contributed by atoms with Gasteiger partial charge in [-0.15, -0.1) is 5.10 Å². The molecule has 2 aromatic heterocycles. The molecule has 1 aliphatic rings. The molecule has 1 aliphatic heterocycles. The van der Waals surface area contributed by atoms with Crippen LogP contribution in [0.25, 0.3) is 11.0 Å². The second-order valence-corrected chi connectivity index (χ2v) is 5.63. The molecule has 3 aromatic rings. The zero-order chi connectivity index (χ0) is 15.5. The Morgan fingerprint density at radius 2 is 2.17 bits per heavy atom. The third-order valence-electron chi connectivity index (χ3n) is 3.97. The Hall–Kier alpha value is -2.54. The summed E-state index contributed by atoms with van der Waals surface area (Å²) in [7, 11) is 0. The summed E-state index contributed by atoms with van der Waals surface area (Å²) in [6, 6.07) is 8.17. The van der Waals surface area contributed by atoms with Gasteiger partial charge in [-0.25, -0.2) is 9.67 Å². The van der Waals surface area contributed by atoms with Crippen molar-refractivity contribution < 1.29 is 4.74 Å². The quantitative estimate of drug-likeness (QED) is 0.775. The second kappa shape index (κ2) is 6.29. The van der Waals surface area contributed by atoms with E-state index in [4.69, 9.17) is 4.74 Å². The third kappa shape index (κ3) is 3.14. The Kier molecular flexibility index (Phi) is 3.85. The van der Waals surface area contributed by atoms with E-state index in [2.05, 4.69) is 25.6 Å². The highest BCUT2D eigenvalue weighted by Gasteiger charge is 2.18. The van der Waals surface area contributed by atoms with Crippen LogP contribution in [0.2, 0.25) is 0 Å². The van der Waals surface area contributed by atoms with Gasteiger partial charge in [0.2, 0.25) is 0 Å². The van der Waals surface area contributed by atoms with Crippen molar-refractivity contribution in [2.75, 3.05) is 25.1 Å². The van der Waals surface area contributed by atoms with E-state index in [1.54, 1.807) is 6.20 Å². The fourth-order valence-corrected chi connectivity index (χ4v) is 2.70. The predicted octanol–water partition coefficient (Wildman–Crippen LogP) is 1.84. The van der Waals surface area contributed by atoms with Crippen molar-refractivity contribution in [3.63, 3.8) is 0 Å². The summed E-state index contributed by atoms with van der Waals surface area (Å²) in [4.78, 5) is 8.94. The molecular formula is C16H18N6O. The molecule has 1 fully saturated rings. The van der Waals surface area contributed by atoms with E-state index in [0.717, 1.165) is 55.1 Å². The Labute approximate surface area is 133 Å². The van der Waals surface area contributed by atoms with E-state index in [0.29, 0.717) is 6.04 Å². The van der Waals surface area contributed by atoms with Gasteiger partial charge in [0, 0.05) is 25.8 Å². The Bertz CT molecular complexity index is 796. The maximum Gasteiger partial charge on any atom is 0.145 e. The van der Waals surface area contributed by atoms with E-state index < -0.39 is 0 Å². The number of hydrogen-bond acceptors (Lipinski definition) is 6. The highest BCUT2D eigenvalue weighted by atomic mass is 16.5. The van der Waals surface area contributed by atoms with E-state index in [9.17, 15) is 0 Å². The summed E-state index contributed by atoms with van der Waals surface area (Å²) < 4.78 is 7.29. The van der Waals surface area contributed by atoms with Crippen molar-refractivity contribution in [1.82, 2.24) is 25.0 Å². The molecule has 0 aliphatic carbocycles. The number of anilines is 1. The van der Waals surface area contributed by atoms with Crippen LogP contribution in [0.15, 0.2) is 36.7 Å². The monoisotopic (exact) mass is 310 g/mol. The summed E-state index contributed by atoms with van der Waals surface area (Å²) in [6.45, 7) is 2.28. The van der Waals surface area contributed by atoms with Crippen LogP contribution >= 0.6 is 0 Å². The maximum atomic E-state index is 5.38. The fourth-order valence-electron chi connectivity index (χ4n) is 2.70. The molecule has 0 unspecified atom stereocenters. The first kappa shape index (κ1) is 14.1. The van der Waals surface area contributed by atoms with Crippen LogP contribution in [0.4, 0.5) is 5.82 Å². The van der Waals surface area contributed by atoms with Gasteiger partial charge < -0.3 is 10.1 Å². The number of hydrogen-bond donors (Lipinski definition) is 1. The van der Waals surface area contributed by atoms with Crippen LogP contribution in [0, 0.1) is 0 Å². The molecule has 0 bridgehead atoms. The number of nitrogens with zero attached hydrogens (tertiary/aromatic N) is 5. The number of aromatic nitrogens is 5. The zero-order valence-electron chi connectivity index (χ0n) is 12.7. The molecule has 3 heterocycles. The second-order valence-electron chi connectivity index (χ2n) is 5.63. The first-order valence-electron chi connectivity index (χ1n) is 7.82. The lowest BCUT2D eigenvalue weighted by Crippen LogP contribution is -2.09. The van der Waals surface area contributed by atoms with Gasteiger partial charge in [0.1, 0.15) is 5.82 Å². The van der Waals surface area contributed by atoms with Crippen molar-refractivity contribution in [2.45, 2.75) is 18.9 Å². The molecule has 7 nitrogen and oxygen atoms in total. The lowest BCUT2D eigenvalue weighted by Gasteiger charge is -2.06. The van der Waals surface area contributed by atoms with Gasteiger partial charge in [0.05, 0.1) is 35.6 Å². The molecule has 4 rings (SSSR count). The SMILES string of the molecule is c1ccc2nc(NCCc3cn([C@H]4CCOC4)nn3)cnc2c1. The molecule has 1 atom stereocenters. The molecule has 0 saturated carbocycles. The molecular weight excluding hydrogens is 292 g/mol. The van der Waals surface area contributed by atoms with Crippen LogP contribution in [0.3, 0.4) is 0 Å². The van der Waals surface area contributed by atoms with Gasteiger partial charge in [-0.3, -0.25) is 4.98 Å². The van der Waals surface area contributed by atoms with Gasteiger partial charge in [-0.05, 0) is 18.6 Å². The Morgan fingerprint density at radius 3 is 3.04 bits per heavy atom. The minimum Gasteiger partial charge on any atom is -0.379 e. The van der Waals surface area contributed by atoms with Crippen molar-refractivity contribution in [1.29, 1.82) is 0 Å². The molecule has 1 N–H and O–H groups in total. The van der Waals surface area contributed by atoms with Crippen LogP contribution in [0.5, 0.6) is 0 Å². The molecule has 1 aromatic carbocycles. The van der Waals surface area contributed by atoms with Crippen LogP contribution < -0.4 is 5.32 Å². The molecule has 1 saturated heterocycles. The fraction of sp³-hybridized carbons (Fsp3) is 0.375. The average molecular weight is 310 g/mol. The number of nitrogens with one attached hydrogen (secondary N) is 1. The minimum atomic E-state index is 0.329. The van der Waals surface area contributed by atoms with Crippen molar-refractivity contribution in [2.24, 2.45) is 0 Å². The highest BCUT2D eigenvalue weighted by Crippen LogP contribution is 2.17. The van der Waals surface area contributed by atoms with Gasteiger partial charge in [0.15, 0.2) is 0 Å². The number of rotatable bonds is 5. The Morgan fingerprint density at radius 1 is 1.26 bits per heavy atom. The van der Waals surface area contributed by atoms with Gasteiger partial charge in [-0.1, -0.05) is 17.3 Å². The smallest absolute Gasteiger partial charge is 0.145 e. The largest absolute Gasteiger partial charge is 0.379 e. The molecule has 0 spiro atoms. The average Bonchev–Trinajstić information content (AvgIpc) is 3.26. The number of ether oxygens (including phenoxy) is 1. The third-order valence-corrected chi connectivity index (χ3v) is 3.97. The van der Waals surface area contributed by atoms with Gasteiger partial charge >= 0.3 is 0 Å². The first-order chi connectivity index (χ1) is 11.4. The molecule has 118 valence electrons. The van der Waals surface area contributed by atoms with Crippen LogP contribution in [0.1, 0.15) is 18.2 Å². The maximum absolute atomic E-state index is 5.38. The standard InChI is InChI=1S/C16H18N6O/c1-2-4-15-14(3-1)18-9-16(19-15)17-7-5-12-10-22(21-20-12)13-6-8-23-11-13/h1-4,9-10,13H,5-8,11H2,(H,17,19)/t13-/m0/s1. The first-order valence-corrected chi connectivity index (χ1v) is 7.82. The van der Waals surface area contributed by atoms with Gasteiger partial charge in [0.25, 0.3) is 0 Å². The van der Waals surface area contributed by atoms with Crippen molar-refractivity contribution in [3.8, 4) is 0 Å². The van der Waals surface area contributed by atoms with Gasteiger partial charge in [-0.2, -0.15) is 0 Å². The molecule has 0 radical (unpaired) electrons. The van der Waals surface area contributed by atoms with E-state index in [1.807, 2.05) is 35.1 Å². The number of benzene rings is 1. The van der Waals surface area contributed by atoms with E-state index in [-0.39, 0.29) is 0 Å². The molecule has 23 heavy (non-hydrogen) atoms. The minimum absolute atomic E-state index is 0.329.